The maximum absolute atomic E-state index is 2.43. The molecule has 0 unspecified atom stereocenters. The average molecular weight is 719 g/mol. The van der Waals surface area contributed by atoms with Crippen LogP contribution in [0.4, 0.5) is 0 Å². The molecule has 0 aliphatic carbocycles. The number of benzene rings is 10. The molecule has 250 valence electrons. The third-order valence-corrected chi connectivity index (χ3v) is 13.8. The Kier molecular flexibility index (Phi) is 6.48. The molecule has 0 bridgehead atoms. The molecule has 0 amide bonds. The lowest BCUT2D eigenvalue weighted by atomic mass is 9.85. The van der Waals surface area contributed by atoms with Gasteiger partial charge in [0, 0.05) is 45.7 Å². The highest BCUT2D eigenvalue weighted by atomic mass is 32.1. The molecule has 10 aromatic carbocycles. The van der Waals surface area contributed by atoms with Crippen LogP contribution < -0.4 is 0 Å². The Balaban J connectivity index is 0.974. The summed E-state index contributed by atoms with van der Waals surface area (Å²) in [5, 5.41) is 15.7. The fourth-order valence-corrected chi connectivity index (χ4v) is 11.2. The van der Waals surface area contributed by atoms with Crippen LogP contribution in [0.2, 0.25) is 0 Å². The van der Waals surface area contributed by atoms with Crippen LogP contribution in [-0.2, 0) is 0 Å². The predicted molar refractivity (Wildman–Crippen MR) is 239 cm³/mol. The van der Waals surface area contributed by atoms with E-state index in [4.69, 9.17) is 0 Å². The van der Waals surface area contributed by atoms with Gasteiger partial charge in [0.25, 0.3) is 0 Å². The van der Waals surface area contributed by atoms with Crippen molar-refractivity contribution in [2.75, 3.05) is 0 Å². The maximum Gasteiger partial charge on any atom is 0.0434 e. The lowest BCUT2D eigenvalue weighted by Gasteiger charge is -2.18. The third kappa shape index (κ3) is 4.48. The van der Waals surface area contributed by atoms with E-state index in [0.29, 0.717) is 0 Å². The topological polar surface area (TPSA) is 0 Å². The van der Waals surface area contributed by atoms with Crippen molar-refractivity contribution in [3.8, 4) is 33.4 Å². The third-order valence-electron chi connectivity index (χ3n) is 11.4. The molecular weight excluding hydrogens is 689 g/mol. The molecule has 0 nitrogen and oxygen atoms in total. The first-order valence-corrected chi connectivity index (χ1v) is 20.1. The van der Waals surface area contributed by atoms with Crippen LogP contribution in [0.15, 0.2) is 182 Å². The summed E-state index contributed by atoms with van der Waals surface area (Å²) in [6.07, 6.45) is 0. The molecular formula is C52H30S2. The second kappa shape index (κ2) is 11.6. The summed E-state index contributed by atoms with van der Waals surface area (Å²) >= 11 is 3.81. The van der Waals surface area contributed by atoms with E-state index in [1.165, 1.54) is 117 Å². The molecule has 0 aliphatic heterocycles. The van der Waals surface area contributed by atoms with E-state index in [1.807, 2.05) is 22.7 Å². The van der Waals surface area contributed by atoms with E-state index in [9.17, 15) is 0 Å². The molecule has 0 fully saturated rings. The molecule has 0 radical (unpaired) electrons. The molecule has 0 spiro atoms. The van der Waals surface area contributed by atoms with Gasteiger partial charge in [-0.25, -0.2) is 0 Å². The highest BCUT2D eigenvalue weighted by molar-refractivity contribution is 7.27. The Morgan fingerprint density at radius 3 is 1.52 bits per heavy atom. The van der Waals surface area contributed by atoms with E-state index in [-0.39, 0.29) is 0 Å². The van der Waals surface area contributed by atoms with Gasteiger partial charge in [-0.05, 0) is 114 Å². The van der Waals surface area contributed by atoms with Crippen LogP contribution in [0.1, 0.15) is 0 Å². The summed E-state index contributed by atoms with van der Waals surface area (Å²) in [5.74, 6) is 0. The van der Waals surface area contributed by atoms with Crippen molar-refractivity contribution in [2.24, 2.45) is 0 Å². The summed E-state index contributed by atoms with van der Waals surface area (Å²) < 4.78 is 5.42. The molecule has 54 heavy (non-hydrogen) atoms. The summed E-state index contributed by atoms with van der Waals surface area (Å²) in [6, 6.07) is 67.8. The highest BCUT2D eigenvalue weighted by Crippen LogP contribution is 2.46. The Bertz CT molecular complexity index is 3430. The summed E-state index contributed by atoms with van der Waals surface area (Å²) in [7, 11) is 0. The van der Waals surface area contributed by atoms with Crippen molar-refractivity contribution in [3.63, 3.8) is 0 Å². The Labute approximate surface area is 319 Å². The first kappa shape index (κ1) is 30.2. The van der Waals surface area contributed by atoms with Crippen LogP contribution in [0.5, 0.6) is 0 Å². The molecule has 0 N–H and O–H groups in total. The first-order valence-electron chi connectivity index (χ1n) is 18.5. The molecule has 0 saturated carbocycles. The SMILES string of the molecule is c1ccc(-c2c3ccccc3c(-c3ccc4cc(-c5ccc6sc7c8cc9sc%10ccccc%10c9cc8ccc7c6c5)ccc4c3)c3ccccc23)cc1. The Hall–Kier alpha value is -6.32. The Morgan fingerprint density at radius 2 is 0.778 bits per heavy atom. The van der Waals surface area contributed by atoms with E-state index in [1.54, 1.807) is 0 Å². The number of hydrogen-bond donors (Lipinski definition) is 0. The van der Waals surface area contributed by atoms with Gasteiger partial charge in [-0.15, -0.1) is 22.7 Å². The molecule has 0 aliphatic rings. The van der Waals surface area contributed by atoms with E-state index in [2.05, 4.69) is 182 Å². The van der Waals surface area contributed by atoms with Crippen LogP contribution in [0.3, 0.4) is 0 Å². The first-order chi connectivity index (χ1) is 26.7. The number of fused-ring (bicyclic) bond motifs is 11. The normalized spacial score (nSPS) is 12.1. The minimum absolute atomic E-state index is 1.24. The maximum atomic E-state index is 2.43. The van der Waals surface area contributed by atoms with Crippen molar-refractivity contribution in [1.29, 1.82) is 0 Å². The molecule has 0 atom stereocenters. The van der Waals surface area contributed by atoms with Crippen molar-refractivity contribution >= 4 is 106 Å². The molecule has 0 saturated heterocycles. The second-order valence-electron chi connectivity index (χ2n) is 14.4. The van der Waals surface area contributed by atoms with E-state index < -0.39 is 0 Å². The quantitative estimate of drug-likeness (QED) is 0.160. The minimum Gasteiger partial charge on any atom is -0.135 e. The van der Waals surface area contributed by atoms with Crippen molar-refractivity contribution in [3.05, 3.63) is 182 Å². The van der Waals surface area contributed by atoms with Gasteiger partial charge >= 0.3 is 0 Å². The lowest BCUT2D eigenvalue weighted by Crippen LogP contribution is -1.90. The van der Waals surface area contributed by atoms with Gasteiger partial charge in [-0.1, -0.05) is 140 Å². The van der Waals surface area contributed by atoms with E-state index >= 15 is 0 Å². The number of hydrogen-bond acceptors (Lipinski definition) is 2. The van der Waals surface area contributed by atoms with Crippen molar-refractivity contribution < 1.29 is 0 Å². The van der Waals surface area contributed by atoms with Crippen LogP contribution in [0.25, 0.3) is 117 Å². The molecule has 2 aromatic heterocycles. The van der Waals surface area contributed by atoms with Crippen LogP contribution >= 0.6 is 22.7 Å². The van der Waals surface area contributed by atoms with Gasteiger partial charge in [0.15, 0.2) is 0 Å². The fourth-order valence-electron chi connectivity index (χ4n) is 8.89. The molecule has 12 aromatic rings. The van der Waals surface area contributed by atoms with Crippen molar-refractivity contribution in [2.45, 2.75) is 0 Å². The summed E-state index contributed by atoms with van der Waals surface area (Å²) in [5.41, 5.74) is 7.58. The number of rotatable bonds is 3. The van der Waals surface area contributed by atoms with E-state index in [0.717, 1.165) is 0 Å². The van der Waals surface area contributed by atoms with Crippen LogP contribution in [-0.4, -0.2) is 0 Å². The summed E-state index contributed by atoms with van der Waals surface area (Å²) in [6.45, 7) is 0. The largest absolute Gasteiger partial charge is 0.135 e. The van der Waals surface area contributed by atoms with Gasteiger partial charge in [0.05, 0.1) is 0 Å². The van der Waals surface area contributed by atoms with Crippen molar-refractivity contribution in [1.82, 2.24) is 0 Å². The molecule has 12 rings (SSSR count). The Morgan fingerprint density at radius 1 is 0.241 bits per heavy atom. The van der Waals surface area contributed by atoms with Gasteiger partial charge in [0.1, 0.15) is 0 Å². The molecule has 2 heterocycles. The minimum atomic E-state index is 1.24. The van der Waals surface area contributed by atoms with Gasteiger partial charge in [0.2, 0.25) is 0 Å². The summed E-state index contributed by atoms with van der Waals surface area (Å²) in [4.78, 5) is 0. The fraction of sp³-hybridized carbons (Fsp3) is 0. The zero-order chi connectivity index (χ0) is 35.3. The predicted octanol–water partition coefficient (Wildman–Crippen LogP) is 16.0. The smallest absolute Gasteiger partial charge is 0.0434 e. The zero-order valence-corrected chi connectivity index (χ0v) is 30.8. The molecule has 2 heteroatoms. The second-order valence-corrected chi connectivity index (χ2v) is 16.5. The highest BCUT2D eigenvalue weighted by Gasteiger charge is 2.17. The zero-order valence-electron chi connectivity index (χ0n) is 29.1. The lowest BCUT2D eigenvalue weighted by molar-refractivity contribution is 1.66. The van der Waals surface area contributed by atoms with Crippen LogP contribution in [0, 0.1) is 0 Å². The monoisotopic (exact) mass is 718 g/mol. The van der Waals surface area contributed by atoms with Gasteiger partial charge < -0.3 is 0 Å². The van der Waals surface area contributed by atoms with Gasteiger partial charge in [-0.3, -0.25) is 0 Å². The standard InChI is InChI=1S/C52H30S2/c1-2-10-31(11-3-1)50-39-13-4-6-15-41(39)51(42-16-7-5-14-40(42)50)37-21-20-32-26-33(18-19-34(32)27-37)35-23-25-48-46(28-35)43-24-22-36-29-45-38-12-8-9-17-47(38)53-49(45)30-44(36)52(43)54-48/h1-30H. The van der Waals surface area contributed by atoms with Gasteiger partial charge in [-0.2, -0.15) is 0 Å². The number of thiophene rings is 2. The average Bonchev–Trinajstić information content (AvgIpc) is 3.79.